The summed E-state index contributed by atoms with van der Waals surface area (Å²) in [6.07, 6.45) is 1.47. The Morgan fingerprint density at radius 1 is 1.56 bits per heavy atom. The molecule has 18 heavy (non-hydrogen) atoms. The highest BCUT2D eigenvalue weighted by Crippen LogP contribution is 2.16. The largest absolute Gasteiger partial charge is 0.567 e. The number of methoxy groups -OCH3 is 1. The summed E-state index contributed by atoms with van der Waals surface area (Å²) >= 11 is 4.16. The van der Waals surface area contributed by atoms with Gasteiger partial charge in [0.15, 0.2) is 5.70 Å². The van der Waals surface area contributed by atoms with Gasteiger partial charge in [0.1, 0.15) is 5.71 Å². The molecule has 2 rings (SSSR count). The number of hydrogen-bond donors (Lipinski definition) is 1. The number of carbonyl (C=O) groups is 1. The summed E-state index contributed by atoms with van der Waals surface area (Å²) in [7, 11) is 1.25. The first-order valence-electron chi connectivity index (χ1n) is 4.93. The molecule has 5 nitrogen and oxygen atoms in total. The molecule has 0 amide bonds. The molecule has 1 heterocycles. The van der Waals surface area contributed by atoms with Crippen molar-refractivity contribution < 1.29 is 14.1 Å². The number of hydrogen-bond acceptors (Lipinski definition) is 5. The maximum absolute atomic E-state index is 11.5. The smallest absolute Gasteiger partial charge is 0.358 e. The van der Waals surface area contributed by atoms with E-state index in [0.717, 1.165) is 0 Å². The molecule has 1 atom stereocenters. The van der Waals surface area contributed by atoms with Gasteiger partial charge in [-0.25, -0.2) is 4.79 Å². The lowest BCUT2D eigenvalue weighted by Crippen LogP contribution is -2.31. The van der Waals surface area contributed by atoms with Crippen LogP contribution in [-0.4, -0.2) is 23.3 Å². The number of nitrogens with zero attached hydrogens (tertiary/aromatic N) is 1. The zero-order valence-corrected chi connectivity index (χ0v) is 10.9. The quantitative estimate of drug-likeness (QED) is 0.657. The molecule has 7 heteroatoms. The van der Waals surface area contributed by atoms with Gasteiger partial charge >= 0.3 is 5.97 Å². The number of rotatable bonds is 2. The molecular formula is C11H9ClN2O3S. The van der Waals surface area contributed by atoms with E-state index < -0.39 is 17.5 Å². The van der Waals surface area contributed by atoms with Crippen LogP contribution >= 0.6 is 11.6 Å². The summed E-state index contributed by atoms with van der Waals surface area (Å²) in [5.74, 6) is -0.599. The Morgan fingerprint density at radius 3 is 3.00 bits per heavy atom. The van der Waals surface area contributed by atoms with Crippen molar-refractivity contribution in [1.29, 1.82) is 0 Å². The fraction of sp³-hybridized carbons (Fsp3) is 0.0909. The maximum atomic E-state index is 11.5. The van der Waals surface area contributed by atoms with E-state index >= 15 is 0 Å². The lowest BCUT2D eigenvalue weighted by molar-refractivity contribution is -0.136. The van der Waals surface area contributed by atoms with Crippen LogP contribution in [0.3, 0.4) is 0 Å². The van der Waals surface area contributed by atoms with Crippen LogP contribution in [0.4, 0.5) is 0 Å². The summed E-state index contributed by atoms with van der Waals surface area (Å²) < 4.78 is 22.4. The van der Waals surface area contributed by atoms with Crippen molar-refractivity contribution in [3.05, 3.63) is 46.6 Å². The van der Waals surface area contributed by atoms with E-state index in [-0.39, 0.29) is 5.70 Å². The Bertz CT molecular complexity index is 545. The van der Waals surface area contributed by atoms with Gasteiger partial charge < -0.3 is 9.29 Å². The van der Waals surface area contributed by atoms with Gasteiger partial charge in [-0.1, -0.05) is 23.7 Å². The zero-order valence-electron chi connectivity index (χ0n) is 9.34. The Hall–Kier alpha value is -1.50. The minimum Gasteiger partial charge on any atom is -0.567 e. The predicted octanol–water partition coefficient (Wildman–Crippen LogP) is 1.37. The Morgan fingerprint density at radius 2 is 2.33 bits per heavy atom. The highest BCUT2D eigenvalue weighted by molar-refractivity contribution is 7.88. The summed E-state index contributed by atoms with van der Waals surface area (Å²) in [6, 6.07) is 6.90. The van der Waals surface area contributed by atoms with Crippen LogP contribution in [0.15, 0.2) is 40.4 Å². The first-order chi connectivity index (χ1) is 8.60. The number of benzene rings is 1. The van der Waals surface area contributed by atoms with Crippen molar-refractivity contribution in [2.45, 2.75) is 0 Å². The van der Waals surface area contributed by atoms with Gasteiger partial charge in [-0.05, 0) is 16.5 Å². The van der Waals surface area contributed by atoms with E-state index in [1.807, 2.05) is 0 Å². The van der Waals surface area contributed by atoms with Crippen molar-refractivity contribution in [3.8, 4) is 0 Å². The third kappa shape index (κ3) is 2.84. The number of esters is 1. The molecule has 0 aliphatic carbocycles. The number of allylic oxidation sites excluding steroid dienone is 1. The minimum absolute atomic E-state index is 0.0980. The van der Waals surface area contributed by atoms with Crippen LogP contribution in [0.25, 0.3) is 0 Å². The van der Waals surface area contributed by atoms with Gasteiger partial charge in [-0.15, -0.1) is 0 Å². The van der Waals surface area contributed by atoms with Crippen LogP contribution in [-0.2, 0) is 21.1 Å². The molecule has 1 unspecified atom stereocenters. The molecular weight excluding hydrogens is 276 g/mol. The Labute approximate surface area is 112 Å². The normalized spacial score (nSPS) is 18.5. The standard InChI is InChI=1S/C11H9ClN2O3S/c1-17-11(15)10-6-9(13-18(16)14-10)7-3-2-4-8(12)5-7/h2-6,14H,1H3. The van der Waals surface area contributed by atoms with Crippen LogP contribution in [0.5, 0.6) is 0 Å². The average Bonchev–Trinajstić information content (AvgIpc) is 2.37. The first kappa shape index (κ1) is 12.9. The summed E-state index contributed by atoms with van der Waals surface area (Å²) in [6.45, 7) is 0. The van der Waals surface area contributed by atoms with Gasteiger partial charge in [0.25, 0.3) is 0 Å². The molecule has 0 saturated carbocycles. The molecule has 1 N–H and O–H groups in total. The summed E-state index contributed by atoms with van der Waals surface area (Å²) in [4.78, 5) is 11.4. The van der Waals surface area contributed by atoms with Gasteiger partial charge in [-0.2, -0.15) is 4.72 Å². The van der Waals surface area contributed by atoms with Gasteiger partial charge in [0, 0.05) is 16.7 Å². The highest BCUT2D eigenvalue weighted by atomic mass is 35.5. The van der Waals surface area contributed by atoms with Crippen molar-refractivity contribution in [2.75, 3.05) is 7.11 Å². The van der Waals surface area contributed by atoms with E-state index in [1.54, 1.807) is 24.3 Å². The van der Waals surface area contributed by atoms with Crippen LogP contribution in [0.1, 0.15) is 5.56 Å². The average molecular weight is 285 g/mol. The second kappa shape index (κ2) is 5.43. The maximum Gasteiger partial charge on any atom is 0.358 e. The molecule has 0 spiro atoms. The fourth-order valence-corrected chi connectivity index (χ4v) is 2.30. The van der Waals surface area contributed by atoms with Crippen LogP contribution in [0.2, 0.25) is 5.02 Å². The van der Waals surface area contributed by atoms with Crippen molar-refractivity contribution in [1.82, 2.24) is 4.72 Å². The molecule has 0 radical (unpaired) electrons. The highest BCUT2D eigenvalue weighted by Gasteiger charge is 2.24. The van der Waals surface area contributed by atoms with E-state index in [0.29, 0.717) is 16.3 Å². The van der Waals surface area contributed by atoms with Gasteiger partial charge in [0.05, 0.1) is 7.11 Å². The lowest BCUT2D eigenvalue weighted by Gasteiger charge is -2.14. The second-order valence-electron chi connectivity index (χ2n) is 3.39. The lowest BCUT2D eigenvalue weighted by atomic mass is 10.1. The molecule has 0 fully saturated rings. The van der Waals surface area contributed by atoms with E-state index in [1.165, 1.54) is 13.2 Å². The monoisotopic (exact) mass is 284 g/mol. The number of carbonyl (C=O) groups excluding carboxylic acids is 1. The molecule has 1 aromatic rings. The third-order valence-electron chi connectivity index (χ3n) is 2.19. The SMILES string of the molecule is COC(=O)C1=CC(c2cccc(Cl)c2)=N[S+]([O-])N1. The molecule has 94 valence electrons. The van der Waals surface area contributed by atoms with Crippen molar-refractivity contribution >= 4 is 34.8 Å². The zero-order chi connectivity index (χ0) is 13.1. The Balaban J connectivity index is 2.37. The molecule has 1 aliphatic rings. The molecule has 1 aliphatic heterocycles. The van der Waals surface area contributed by atoms with Gasteiger partial charge in [0.2, 0.25) is 11.5 Å². The number of halogens is 1. The van der Waals surface area contributed by atoms with Crippen LogP contribution < -0.4 is 4.72 Å². The molecule has 0 bridgehead atoms. The van der Waals surface area contributed by atoms with Gasteiger partial charge in [-0.3, -0.25) is 0 Å². The minimum atomic E-state index is -1.70. The molecule has 0 saturated heterocycles. The molecule has 1 aromatic carbocycles. The van der Waals surface area contributed by atoms with E-state index in [9.17, 15) is 9.35 Å². The van der Waals surface area contributed by atoms with E-state index in [4.69, 9.17) is 11.6 Å². The third-order valence-corrected chi connectivity index (χ3v) is 3.18. The van der Waals surface area contributed by atoms with E-state index in [2.05, 4.69) is 13.9 Å². The number of nitrogens with one attached hydrogen (secondary N) is 1. The van der Waals surface area contributed by atoms with Crippen molar-refractivity contribution in [3.63, 3.8) is 0 Å². The predicted molar refractivity (Wildman–Crippen MR) is 69.4 cm³/mol. The topological polar surface area (TPSA) is 73.8 Å². The fourth-order valence-electron chi connectivity index (χ4n) is 1.39. The molecule has 0 aromatic heterocycles. The Kier molecular flexibility index (Phi) is 3.90. The second-order valence-corrected chi connectivity index (χ2v) is 4.71. The first-order valence-corrected chi connectivity index (χ1v) is 6.42. The summed E-state index contributed by atoms with van der Waals surface area (Å²) in [5, 5.41) is 0.535. The van der Waals surface area contributed by atoms with Crippen molar-refractivity contribution in [2.24, 2.45) is 4.40 Å². The summed E-state index contributed by atoms with van der Waals surface area (Å²) in [5.41, 5.74) is 1.19. The number of ether oxygens (including phenoxy) is 1. The van der Waals surface area contributed by atoms with Crippen LogP contribution in [0, 0.1) is 0 Å².